The molecular formula is C11H17ClO. The first-order valence-electron chi connectivity index (χ1n) is 4.80. The molecule has 0 bridgehead atoms. The molecule has 0 fully saturated rings. The van der Waals surface area contributed by atoms with Gasteiger partial charge in [0.2, 0.25) is 0 Å². The maximum Gasteiger partial charge on any atom is 0.0631 e. The smallest absolute Gasteiger partial charge is 0.0631 e. The molecule has 0 saturated carbocycles. The van der Waals surface area contributed by atoms with Gasteiger partial charge in [-0.05, 0) is 18.9 Å². The Bertz CT molecular complexity index is 232. The molecule has 74 valence electrons. The average Bonchev–Trinajstić information content (AvgIpc) is 2.04. The highest BCUT2D eigenvalue weighted by Gasteiger charge is 2.31. The minimum absolute atomic E-state index is 0.165. The lowest BCUT2D eigenvalue weighted by Crippen LogP contribution is -2.31. The van der Waals surface area contributed by atoms with E-state index >= 15 is 0 Å². The van der Waals surface area contributed by atoms with Crippen molar-refractivity contribution in [3.05, 3.63) is 23.3 Å². The molecule has 13 heavy (non-hydrogen) atoms. The number of hydrogen-bond acceptors (Lipinski definition) is 1. The predicted octanol–water partition coefficient (Wildman–Crippen LogP) is 3.24. The third kappa shape index (κ3) is 2.58. The van der Waals surface area contributed by atoms with Crippen LogP contribution in [-0.4, -0.2) is 11.2 Å². The second kappa shape index (κ2) is 4.30. The Morgan fingerprint density at radius 3 is 2.92 bits per heavy atom. The lowest BCUT2D eigenvalue weighted by Gasteiger charge is -2.33. The van der Waals surface area contributed by atoms with Crippen LogP contribution in [-0.2, 0) is 0 Å². The van der Waals surface area contributed by atoms with E-state index in [0.717, 1.165) is 24.3 Å². The fraction of sp³-hybridized carbons (Fsp3) is 0.636. The summed E-state index contributed by atoms with van der Waals surface area (Å²) in [6, 6.07) is 0. The maximum absolute atomic E-state index is 9.91. The quantitative estimate of drug-likeness (QED) is 0.742. The summed E-state index contributed by atoms with van der Waals surface area (Å²) in [5.74, 6) is 0. The van der Waals surface area contributed by atoms with Gasteiger partial charge in [-0.15, -0.1) is 0 Å². The zero-order chi connectivity index (χ0) is 9.90. The number of aliphatic hydroxyl groups excluding tert-OH is 1. The lowest BCUT2D eigenvalue weighted by molar-refractivity contribution is 0.0622. The number of rotatable bonds is 3. The van der Waals surface area contributed by atoms with E-state index in [1.165, 1.54) is 0 Å². The van der Waals surface area contributed by atoms with Gasteiger partial charge in [0.25, 0.3) is 0 Å². The van der Waals surface area contributed by atoms with Crippen molar-refractivity contribution in [3.63, 3.8) is 0 Å². The molecule has 0 aromatic heterocycles. The average molecular weight is 201 g/mol. The Morgan fingerprint density at radius 1 is 1.69 bits per heavy atom. The summed E-state index contributed by atoms with van der Waals surface area (Å²) >= 11 is 5.94. The number of hydrogen-bond donors (Lipinski definition) is 1. The molecule has 1 N–H and O–H groups in total. The Labute approximate surface area is 85.1 Å². The predicted molar refractivity (Wildman–Crippen MR) is 56.7 cm³/mol. The highest BCUT2D eigenvalue weighted by molar-refractivity contribution is 6.29. The van der Waals surface area contributed by atoms with Crippen molar-refractivity contribution in [1.29, 1.82) is 0 Å². The Morgan fingerprint density at radius 2 is 2.38 bits per heavy atom. The van der Waals surface area contributed by atoms with Crippen LogP contribution in [0.3, 0.4) is 0 Å². The van der Waals surface area contributed by atoms with Gasteiger partial charge in [0.05, 0.1) is 6.10 Å². The van der Waals surface area contributed by atoms with Crippen molar-refractivity contribution in [1.82, 2.24) is 0 Å². The molecule has 2 heteroatoms. The monoisotopic (exact) mass is 200 g/mol. The van der Waals surface area contributed by atoms with Gasteiger partial charge in [0.1, 0.15) is 0 Å². The van der Waals surface area contributed by atoms with Gasteiger partial charge in [0.15, 0.2) is 0 Å². The van der Waals surface area contributed by atoms with Crippen LogP contribution in [0.25, 0.3) is 0 Å². The van der Waals surface area contributed by atoms with Gasteiger partial charge in [-0.25, -0.2) is 0 Å². The van der Waals surface area contributed by atoms with Gasteiger partial charge in [0, 0.05) is 10.4 Å². The zero-order valence-corrected chi connectivity index (χ0v) is 9.01. The van der Waals surface area contributed by atoms with Crippen LogP contribution < -0.4 is 0 Å². The van der Waals surface area contributed by atoms with Crippen LogP contribution in [0.15, 0.2) is 23.3 Å². The molecule has 0 radical (unpaired) electrons. The second-order valence-electron chi connectivity index (χ2n) is 3.96. The Hall–Kier alpha value is -0.270. The first-order chi connectivity index (χ1) is 6.08. The SMILES string of the molecule is CCCC(O)[C@@]1(C)C=CC=C(Cl)C1. The highest BCUT2D eigenvalue weighted by Crippen LogP contribution is 2.37. The maximum atomic E-state index is 9.91. The van der Waals surface area contributed by atoms with Crippen molar-refractivity contribution in [2.45, 2.75) is 39.2 Å². The molecule has 0 amide bonds. The van der Waals surface area contributed by atoms with Crippen molar-refractivity contribution >= 4 is 11.6 Å². The third-order valence-electron chi connectivity index (χ3n) is 2.63. The largest absolute Gasteiger partial charge is 0.392 e. The molecule has 1 aliphatic rings. The first kappa shape index (κ1) is 10.8. The molecule has 1 rings (SSSR count). The summed E-state index contributed by atoms with van der Waals surface area (Å²) in [7, 11) is 0. The van der Waals surface area contributed by atoms with Gasteiger partial charge < -0.3 is 5.11 Å². The van der Waals surface area contributed by atoms with Gasteiger partial charge >= 0.3 is 0 Å². The molecule has 0 aliphatic heterocycles. The van der Waals surface area contributed by atoms with Crippen molar-refractivity contribution in [2.75, 3.05) is 0 Å². The molecule has 0 aromatic rings. The fourth-order valence-corrected chi connectivity index (χ4v) is 2.05. The van der Waals surface area contributed by atoms with E-state index < -0.39 is 0 Å². The van der Waals surface area contributed by atoms with Crippen molar-refractivity contribution < 1.29 is 5.11 Å². The minimum Gasteiger partial charge on any atom is -0.392 e. The zero-order valence-electron chi connectivity index (χ0n) is 8.26. The van der Waals surface area contributed by atoms with E-state index in [9.17, 15) is 5.11 Å². The summed E-state index contributed by atoms with van der Waals surface area (Å²) in [5, 5.41) is 10.7. The lowest BCUT2D eigenvalue weighted by atomic mass is 9.77. The third-order valence-corrected chi connectivity index (χ3v) is 2.89. The van der Waals surface area contributed by atoms with Crippen LogP contribution in [0.4, 0.5) is 0 Å². The molecule has 0 aromatic carbocycles. The second-order valence-corrected chi connectivity index (χ2v) is 4.45. The summed E-state index contributed by atoms with van der Waals surface area (Å²) in [5.41, 5.74) is -0.165. The first-order valence-corrected chi connectivity index (χ1v) is 5.18. The highest BCUT2D eigenvalue weighted by atomic mass is 35.5. The molecule has 1 unspecified atom stereocenters. The topological polar surface area (TPSA) is 20.2 Å². The molecule has 0 heterocycles. The summed E-state index contributed by atoms with van der Waals surface area (Å²) in [4.78, 5) is 0. The Balaban J connectivity index is 2.67. The van der Waals surface area contributed by atoms with Crippen LogP contribution in [0.1, 0.15) is 33.1 Å². The number of halogens is 1. The van der Waals surface area contributed by atoms with E-state index in [1.54, 1.807) is 0 Å². The Kier molecular flexibility index (Phi) is 3.57. The van der Waals surface area contributed by atoms with Gasteiger partial charge in [-0.3, -0.25) is 0 Å². The van der Waals surface area contributed by atoms with Crippen LogP contribution in [0.2, 0.25) is 0 Å². The van der Waals surface area contributed by atoms with E-state index in [0.29, 0.717) is 0 Å². The van der Waals surface area contributed by atoms with E-state index in [4.69, 9.17) is 11.6 Å². The molecule has 1 aliphatic carbocycles. The standard InChI is InChI=1S/C11H17ClO/c1-3-5-10(13)11(2)7-4-6-9(12)8-11/h4,6-7,10,13H,3,5,8H2,1-2H3/t10?,11-/m0/s1. The molecule has 2 atom stereocenters. The van der Waals surface area contributed by atoms with Crippen molar-refractivity contribution in [2.24, 2.45) is 5.41 Å². The number of aliphatic hydroxyl groups is 1. The van der Waals surface area contributed by atoms with Crippen molar-refractivity contribution in [3.8, 4) is 0 Å². The normalized spacial score (nSPS) is 30.0. The summed E-state index contributed by atoms with van der Waals surface area (Å²) in [6.07, 6.45) is 8.20. The van der Waals surface area contributed by atoms with Gasteiger partial charge in [-0.1, -0.05) is 44.0 Å². The van der Waals surface area contributed by atoms with Crippen LogP contribution >= 0.6 is 11.6 Å². The van der Waals surface area contributed by atoms with Crippen LogP contribution in [0, 0.1) is 5.41 Å². The van der Waals surface area contributed by atoms with E-state index in [1.807, 2.05) is 12.2 Å². The molecular weight excluding hydrogens is 184 g/mol. The minimum atomic E-state index is -0.281. The summed E-state index contributed by atoms with van der Waals surface area (Å²) < 4.78 is 0. The van der Waals surface area contributed by atoms with E-state index in [2.05, 4.69) is 19.9 Å². The van der Waals surface area contributed by atoms with Crippen LogP contribution in [0.5, 0.6) is 0 Å². The molecule has 0 saturated heterocycles. The summed E-state index contributed by atoms with van der Waals surface area (Å²) in [6.45, 7) is 4.13. The molecule has 0 spiro atoms. The fourth-order valence-electron chi connectivity index (χ4n) is 1.69. The van der Waals surface area contributed by atoms with E-state index in [-0.39, 0.29) is 11.5 Å². The molecule has 1 nitrogen and oxygen atoms in total. The number of allylic oxidation sites excluding steroid dienone is 3. The van der Waals surface area contributed by atoms with Gasteiger partial charge in [-0.2, -0.15) is 0 Å².